The minimum absolute atomic E-state index is 0.291. The van der Waals surface area contributed by atoms with Gasteiger partial charge in [0.2, 0.25) is 0 Å². The van der Waals surface area contributed by atoms with Crippen molar-refractivity contribution in [2.45, 2.75) is 33.3 Å². The van der Waals surface area contributed by atoms with Crippen LogP contribution >= 0.6 is 0 Å². The van der Waals surface area contributed by atoms with Gasteiger partial charge in [-0.3, -0.25) is 0 Å². The molecular weight excluding hydrogens is 174 g/mol. The number of nitrogens with two attached hydrogens (primary N) is 1. The Kier molecular flexibility index (Phi) is 3.17. The summed E-state index contributed by atoms with van der Waals surface area (Å²) in [7, 11) is 0. The highest BCUT2D eigenvalue weighted by molar-refractivity contribution is 5.33. The first kappa shape index (κ1) is 11.1. The number of rotatable bonds is 3. The van der Waals surface area contributed by atoms with Crippen LogP contribution in [0.15, 0.2) is 18.2 Å². The smallest absolute Gasteiger partial charge is 0.120 e. The molecule has 0 fully saturated rings. The van der Waals surface area contributed by atoms with Crippen LogP contribution in [0, 0.1) is 13.8 Å². The van der Waals surface area contributed by atoms with Crippen molar-refractivity contribution in [1.29, 1.82) is 0 Å². The average molecular weight is 193 g/mol. The molecule has 2 N–H and O–H groups in total. The Balaban J connectivity index is 2.87. The van der Waals surface area contributed by atoms with Crippen molar-refractivity contribution in [2.24, 2.45) is 5.73 Å². The summed E-state index contributed by atoms with van der Waals surface area (Å²) >= 11 is 0. The van der Waals surface area contributed by atoms with E-state index in [0.29, 0.717) is 6.54 Å². The van der Waals surface area contributed by atoms with Crippen LogP contribution in [0.5, 0.6) is 5.75 Å². The lowest BCUT2D eigenvalue weighted by Crippen LogP contribution is -2.37. The molecule has 2 heteroatoms. The van der Waals surface area contributed by atoms with Crippen molar-refractivity contribution in [1.82, 2.24) is 0 Å². The summed E-state index contributed by atoms with van der Waals surface area (Å²) in [4.78, 5) is 0. The maximum Gasteiger partial charge on any atom is 0.120 e. The van der Waals surface area contributed by atoms with Crippen molar-refractivity contribution < 1.29 is 4.74 Å². The summed E-state index contributed by atoms with van der Waals surface area (Å²) < 4.78 is 5.79. The topological polar surface area (TPSA) is 35.2 Å². The Bertz CT molecular complexity index is 298. The molecule has 0 aliphatic rings. The third-order valence-corrected chi connectivity index (χ3v) is 2.08. The molecule has 0 aliphatic heterocycles. The molecule has 0 heterocycles. The zero-order valence-electron chi connectivity index (χ0n) is 9.42. The first-order chi connectivity index (χ1) is 6.43. The fourth-order valence-corrected chi connectivity index (χ4v) is 1.35. The van der Waals surface area contributed by atoms with E-state index >= 15 is 0 Å². The summed E-state index contributed by atoms with van der Waals surface area (Å²) in [6, 6.07) is 6.19. The molecule has 0 saturated heterocycles. The van der Waals surface area contributed by atoms with E-state index in [1.165, 1.54) is 11.1 Å². The Morgan fingerprint density at radius 2 is 1.64 bits per heavy atom. The van der Waals surface area contributed by atoms with Gasteiger partial charge in [-0.2, -0.15) is 0 Å². The lowest BCUT2D eigenvalue weighted by molar-refractivity contribution is 0.118. The molecule has 2 nitrogen and oxygen atoms in total. The van der Waals surface area contributed by atoms with Crippen LogP contribution in [0.3, 0.4) is 0 Å². The van der Waals surface area contributed by atoms with Gasteiger partial charge in [0.15, 0.2) is 0 Å². The largest absolute Gasteiger partial charge is 0.487 e. The van der Waals surface area contributed by atoms with Crippen molar-refractivity contribution in [2.75, 3.05) is 6.54 Å². The van der Waals surface area contributed by atoms with E-state index in [1.54, 1.807) is 0 Å². The molecule has 0 bridgehead atoms. The highest BCUT2D eigenvalue weighted by atomic mass is 16.5. The first-order valence-corrected chi connectivity index (χ1v) is 4.90. The second-order valence-corrected chi connectivity index (χ2v) is 4.39. The molecule has 14 heavy (non-hydrogen) atoms. The molecule has 0 aromatic heterocycles. The average Bonchev–Trinajstić information content (AvgIpc) is 2.01. The van der Waals surface area contributed by atoms with Crippen LogP contribution in [-0.4, -0.2) is 12.1 Å². The van der Waals surface area contributed by atoms with Gasteiger partial charge in [-0.05, 0) is 51.0 Å². The number of hydrogen-bond acceptors (Lipinski definition) is 2. The SMILES string of the molecule is Cc1cc(C)cc(OC(C)(C)CN)c1. The molecular formula is C12H19NO. The normalized spacial score (nSPS) is 11.5. The molecule has 0 unspecified atom stereocenters. The lowest BCUT2D eigenvalue weighted by Gasteiger charge is -2.25. The molecule has 1 rings (SSSR count). The number of hydrogen-bond donors (Lipinski definition) is 1. The monoisotopic (exact) mass is 193 g/mol. The van der Waals surface area contributed by atoms with Gasteiger partial charge in [0.05, 0.1) is 0 Å². The van der Waals surface area contributed by atoms with Crippen molar-refractivity contribution >= 4 is 0 Å². The molecule has 1 aromatic carbocycles. The number of aryl methyl sites for hydroxylation is 2. The van der Waals surface area contributed by atoms with E-state index in [4.69, 9.17) is 10.5 Å². The van der Waals surface area contributed by atoms with Gasteiger partial charge in [-0.15, -0.1) is 0 Å². The van der Waals surface area contributed by atoms with Gasteiger partial charge in [0.25, 0.3) is 0 Å². The van der Waals surface area contributed by atoms with Gasteiger partial charge in [-0.1, -0.05) is 6.07 Å². The minimum atomic E-state index is -0.291. The summed E-state index contributed by atoms with van der Waals surface area (Å²) in [5, 5.41) is 0. The molecule has 1 aromatic rings. The van der Waals surface area contributed by atoms with Crippen molar-refractivity contribution in [3.8, 4) is 5.75 Å². The van der Waals surface area contributed by atoms with Crippen molar-refractivity contribution in [3.05, 3.63) is 29.3 Å². The Morgan fingerprint density at radius 1 is 1.14 bits per heavy atom. The lowest BCUT2D eigenvalue weighted by atomic mass is 10.1. The molecule has 0 spiro atoms. The highest BCUT2D eigenvalue weighted by Gasteiger charge is 2.17. The van der Waals surface area contributed by atoms with Crippen LogP contribution in [0.4, 0.5) is 0 Å². The standard InChI is InChI=1S/C12H19NO/c1-9-5-10(2)7-11(6-9)14-12(3,4)8-13/h5-7H,8,13H2,1-4H3. The minimum Gasteiger partial charge on any atom is -0.487 e. The molecule has 0 aliphatic carbocycles. The molecule has 0 radical (unpaired) electrons. The third kappa shape index (κ3) is 3.04. The second kappa shape index (κ2) is 4.01. The van der Waals surface area contributed by atoms with Gasteiger partial charge in [-0.25, -0.2) is 0 Å². The fraction of sp³-hybridized carbons (Fsp3) is 0.500. The molecule has 0 amide bonds. The first-order valence-electron chi connectivity index (χ1n) is 4.90. The summed E-state index contributed by atoms with van der Waals surface area (Å²) in [5.74, 6) is 0.901. The maximum atomic E-state index is 5.79. The van der Waals surface area contributed by atoms with Gasteiger partial charge in [0.1, 0.15) is 11.4 Å². The van der Waals surface area contributed by atoms with E-state index in [9.17, 15) is 0 Å². The van der Waals surface area contributed by atoms with Gasteiger partial charge in [0, 0.05) is 6.54 Å². The van der Waals surface area contributed by atoms with Crippen LogP contribution < -0.4 is 10.5 Å². The van der Waals surface area contributed by atoms with Crippen molar-refractivity contribution in [3.63, 3.8) is 0 Å². The van der Waals surface area contributed by atoms with Gasteiger partial charge >= 0.3 is 0 Å². The Hall–Kier alpha value is -1.02. The van der Waals surface area contributed by atoms with Crippen LogP contribution in [0.25, 0.3) is 0 Å². The third-order valence-electron chi connectivity index (χ3n) is 2.08. The van der Waals surface area contributed by atoms with E-state index in [2.05, 4.69) is 19.9 Å². The fourth-order valence-electron chi connectivity index (χ4n) is 1.35. The van der Waals surface area contributed by atoms with E-state index in [0.717, 1.165) is 5.75 Å². The predicted octanol–water partition coefficient (Wildman–Crippen LogP) is 2.42. The number of ether oxygens (including phenoxy) is 1. The molecule has 0 saturated carbocycles. The zero-order valence-corrected chi connectivity index (χ0v) is 9.42. The van der Waals surface area contributed by atoms with Gasteiger partial charge < -0.3 is 10.5 Å². The predicted molar refractivity (Wildman–Crippen MR) is 59.7 cm³/mol. The molecule has 78 valence electrons. The maximum absolute atomic E-state index is 5.79. The molecule has 0 atom stereocenters. The number of benzene rings is 1. The quantitative estimate of drug-likeness (QED) is 0.800. The van der Waals surface area contributed by atoms with E-state index < -0.39 is 0 Å². The van der Waals surface area contributed by atoms with Crippen LogP contribution in [0.1, 0.15) is 25.0 Å². The Labute approximate surface area is 86.1 Å². The summed E-state index contributed by atoms with van der Waals surface area (Å²) in [6.07, 6.45) is 0. The Morgan fingerprint density at radius 3 is 2.07 bits per heavy atom. The highest BCUT2D eigenvalue weighted by Crippen LogP contribution is 2.20. The zero-order chi connectivity index (χ0) is 10.8. The summed E-state index contributed by atoms with van der Waals surface area (Å²) in [5.41, 5.74) is 7.74. The second-order valence-electron chi connectivity index (χ2n) is 4.39. The summed E-state index contributed by atoms with van der Waals surface area (Å²) in [6.45, 7) is 8.62. The van der Waals surface area contributed by atoms with Crippen LogP contribution in [0.2, 0.25) is 0 Å². The van der Waals surface area contributed by atoms with E-state index in [1.807, 2.05) is 26.0 Å². The van der Waals surface area contributed by atoms with Crippen LogP contribution in [-0.2, 0) is 0 Å². The van der Waals surface area contributed by atoms with E-state index in [-0.39, 0.29) is 5.60 Å².